The summed E-state index contributed by atoms with van der Waals surface area (Å²) in [6, 6.07) is 8.35. The fourth-order valence-electron chi connectivity index (χ4n) is 1.76. The maximum atomic E-state index is 6.09. The van der Waals surface area contributed by atoms with Crippen molar-refractivity contribution in [3.8, 4) is 0 Å². The van der Waals surface area contributed by atoms with Crippen LogP contribution in [0.5, 0.6) is 0 Å². The average Bonchev–Trinajstić information content (AvgIpc) is 3.10. The topological polar surface area (TPSA) is 51.0 Å². The standard InChI is InChI=1S/C13H14ClN3O/c14-11-4-2-1-3-9(11)7-12-16-13(18-17-12)8-15-10-5-6-10/h1-4,10,15H,5-8H2. The number of hydrogen-bond acceptors (Lipinski definition) is 4. The summed E-state index contributed by atoms with van der Waals surface area (Å²) in [6.07, 6.45) is 3.10. The van der Waals surface area contributed by atoms with Gasteiger partial charge in [0.1, 0.15) is 0 Å². The molecule has 0 radical (unpaired) electrons. The van der Waals surface area contributed by atoms with Crippen molar-refractivity contribution in [2.24, 2.45) is 0 Å². The van der Waals surface area contributed by atoms with Crippen molar-refractivity contribution in [1.29, 1.82) is 0 Å². The Morgan fingerprint density at radius 1 is 1.33 bits per heavy atom. The molecule has 0 amide bonds. The second-order valence-electron chi connectivity index (χ2n) is 4.53. The molecule has 1 fully saturated rings. The van der Waals surface area contributed by atoms with E-state index in [4.69, 9.17) is 16.1 Å². The van der Waals surface area contributed by atoms with Crippen LogP contribution in [-0.4, -0.2) is 16.2 Å². The van der Waals surface area contributed by atoms with Gasteiger partial charge in [0, 0.05) is 17.5 Å². The molecule has 2 aromatic rings. The van der Waals surface area contributed by atoms with Gasteiger partial charge >= 0.3 is 0 Å². The monoisotopic (exact) mass is 263 g/mol. The molecule has 1 aliphatic carbocycles. The fourth-order valence-corrected chi connectivity index (χ4v) is 1.97. The predicted molar refractivity (Wildman–Crippen MR) is 68.4 cm³/mol. The number of halogens is 1. The quantitative estimate of drug-likeness (QED) is 0.901. The van der Waals surface area contributed by atoms with Crippen LogP contribution in [0.15, 0.2) is 28.8 Å². The van der Waals surface area contributed by atoms with Gasteiger partial charge in [-0.2, -0.15) is 4.98 Å². The molecule has 0 aliphatic heterocycles. The van der Waals surface area contributed by atoms with Crippen LogP contribution >= 0.6 is 11.6 Å². The van der Waals surface area contributed by atoms with Gasteiger partial charge in [-0.05, 0) is 24.5 Å². The molecule has 18 heavy (non-hydrogen) atoms. The SMILES string of the molecule is Clc1ccccc1Cc1noc(CNC2CC2)n1. The van der Waals surface area contributed by atoms with Gasteiger partial charge in [0.15, 0.2) is 5.82 Å². The predicted octanol–water partition coefficient (Wildman–Crippen LogP) is 2.57. The maximum absolute atomic E-state index is 6.09. The number of nitrogens with one attached hydrogen (secondary N) is 1. The molecule has 0 unspecified atom stereocenters. The first-order chi connectivity index (χ1) is 8.81. The van der Waals surface area contributed by atoms with Gasteiger partial charge < -0.3 is 9.84 Å². The molecule has 1 aliphatic rings. The Labute approximate surface area is 110 Å². The Bertz CT molecular complexity index is 537. The third kappa shape index (κ3) is 2.89. The van der Waals surface area contributed by atoms with Crippen molar-refractivity contribution in [3.05, 3.63) is 46.6 Å². The first-order valence-electron chi connectivity index (χ1n) is 6.09. The van der Waals surface area contributed by atoms with E-state index in [1.54, 1.807) is 0 Å². The van der Waals surface area contributed by atoms with E-state index in [9.17, 15) is 0 Å². The molecule has 3 rings (SSSR count). The smallest absolute Gasteiger partial charge is 0.240 e. The molecular formula is C13H14ClN3O. The summed E-state index contributed by atoms with van der Waals surface area (Å²) in [5.41, 5.74) is 1.02. The Balaban J connectivity index is 1.63. The lowest BCUT2D eigenvalue weighted by atomic mass is 10.1. The van der Waals surface area contributed by atoms with E-state index >= 15 is 0 Å². The second kappa shape index (κ2) is 5.08. The number of benzene rings is 1. The van der Waals surface area contributed by atoms with E-state index in [1.165, 1.54) is 12.8 Å². The van der Waals surface area contributed by atoms with Crippen molar-refractivity contribution < 1.29 is 4.52 Å². The van der Waals surface area contributed by atoms with Crippen molar-refractivity contribution in [1.82, 2.24) is 15.5 Å². The zero-order chi connectivity index (χ0) is 12.4. The molecule has 94 valence electrons. The number of aromatic nitrogens is 2. The molecule has 1 saturated carbocycles. The molecule has 1 aromatic carbocycles. The van der Waals surface area contributed by atoms with Crippen LogP contribution in [0.2, 0.25) is 5.02 Å². The van der Waals surface area contributed by atoms with Gasteiger partial charge in [0.2, 0.25) is 5.89 Å². The number of rotatable bonds is 5. The summed E-state index contributed by atoms with van der Waals surface area (Å²) in [4.78, 5) is 4.35. The van der Waals surface area contributed by atoms with Gasteiger partial charge in [-0.3, -0.25) is 0 Å². The molecule has 0 bridgehead atoms. The average molecular weight is 264 g/mol. The van der Waals surface area contributed by atoms with Crippen LogP contribution in [-0.2, 0) is 13.0 Å². The lowest BCUT2D eigenvalue weighted by Crippen LogP contribution is -2.15. The Hall–Kier alpha value is -1.39. The van der Waals surface area contributed by atoms with Crippen LogP contribution < -0.4 is 5.32 Å². The summed E-state index contributed by atoms with van der Waals surface area (Å²) >= 11 is 6.09. The zero-order valence-electron chi connectivity index (χ0n) is 9.90. The molecule has 1 N–H and O–H groups in total. The van der Waals surface area contributed by atoms with E-state index in [-0.39, 0.29) is 0 Å². The molecule has 0 saturated heterocycles. The Kier molecular flexibility index (Phi) is 3.30. The summed E-state index contributed by atoms with van der Waals surface area (Å²) in [7, 11) is 0. The molecule has 4 nitrogen and oxygen atoms in total. The van der Waals surface area contributed by atoms with Gasteiger partial charge in [-0.1, -0.05) is 35.0 Å². The first-order valence-corrected chi connectivity index (χ1v) is 6.47. The minimum Gasteiger partial charge on any atom is -0.338 e. The van der Waals surface area contributed by atoms with Crippen molar-refractivity contribution in [2.75, 3.05) is 0 Å². The van der Waals surface area contributed by atoms with Crippen molar-refractivity contribution in [3.63, 3.8) is 0 Å². The highest BCUT2D eigenvalue weighted by molar-refractivity contribution is 6.31. The largest absolute Gasteiger partial charge is 0.338 e. The van der Waals surface area contributed by atoms with E-state index in [1.807, 2.05) is 24.3 Å². The summed E-state index contributed by atoms with van der Waals surface area (Å²) < 4.78 is 5.19. The van der Waals surface area contributed by atoms with Crippen molar-refractivity contribution in [2.45, 2.75) is 31.8 Å². The lowest BCUT2D eigenvalue weighted by molar-refractivity contribution is 0.363. The van der Waals surface area contributed by atoms with Gasteiger partial charge in [0.25, 0.3) is 0 Å². The maximum Gasteiger partial charge on any atom is 0.240 e. The first kappa shape index (κ1) is 11.7. The second-order valence-corrected chi connectivity index (χ2v) is 4.93. The molecule has 0 atom stereocenters. The normalized spacial score (nSPS) is 14.9. The van der Waals surface area contributed by atoms with Crippen LogP contribution in [0.4, 0.5) is 0 Å². The molecule has 0 spiro atoms. The minimum absolute atomic E-state index is 0.604. The summed E-state index contributed by atoms with van der Waals surface area (Å²) in [5, 5.41) is 8.04. The molecule has 1 heterocycles. The van der Waals surface area contributed by atoms with Crippen LogP contribution in [0.1, 0.15) is 30.1 Å². The van der Waals surface area contributed by atoms with E-state index in [2.05, 4.69) is 15.5 Å². The van der Waals surface area contributed by atoms with E-state index < -0.39 is 0 Å². The third-order valence-corrected chi connectivity index (χ3v) is 3.30. The molecule has 1 aromatic heterocycles. The van der Waals surface area contributed by atoms with Gasteiger partial charge in [-0.15, -0.1) is 0 Å². The highest BCUT2D eigenvalue weighted by Crippen LogP contribution is 2.20. The number of hydrogen-bond donors (Lipinski definition) is 1. The highest BCUT2D eigenvalue weighted by Gasteiger charge is 2.21. The summed E-state index contributed by atoms with van der Waals surface area (Å²) in [6.45, 7) is 0.653. The Morgan fingerprint density at radius 3 is 2.94 bits per heavy atom. The zero-order valence-corrected chi connectivity index (χ0v) is 10.7. The molecular weight excluding hydrogens is 250 g/mol. The van der Waals surface area contributed by atoms with Crippen LogP contribution in [0.3, 0.4) is 0 Å². The highest BCUT2D eigenvalue weighted by atomic mass is 35.5. The lowest BCUT2D eigenvalue weighted by Gasteiger charge is -1.99. The van der Waals surface area contributed by atoms with Crippen molar-refractivity contribution >= 4 is 11.6 Å². The Morgan fingerprint density at radius 2 is 2.17 bits per heavy atom. The van der Waals surface area contributed by atoms with Gasteiger partial charge in [-0.25, -0.2) is 0 Å². The summed E-state index contributed by atoms with van der Waals surface area (Å²) in [5.74, 6) is 1.32. The molecule has 5 heteroatoms. The number of nitrogens with zero attached hydrogens (tertiary/aromatic N) is 2. The van der Waals surface area contributed by atoms with E-state index in [0.717, 1.165) is 10.6 Å². The fraction of sp³-hybridized carbons (Fsp3) is 0.385. The van der Waals surface area contributed by atoms with Gasteiger partial charge in [0.05, 0.1) is 6.54 Å². The third-order valence-electron chi connectivity index (χ3n) is 2.94. The van der Waals surface area contributed by atoms with Crippen LogP contribution in [0, 0.1) is 0 Å². The minimum atomic E-state index is 0.604. The van der Waals surface area contributed by atoms with Crippen LogP contribution in [0.25, 0.3) is 0 Å². The van der Waals surface area contributed by atoms with E-state index in [0.29, 0.717) is 30.7 Å².